The highest BCUT2D eigenvalue weighted by Crippen LogP contribution is 2.15. The van der Waals surface area contributed by atoms with Gasteiger partial charge < -0.3 is 13.0 Å². The predicted octanol–water partition coefficient (Wildman–Crippen LogP) is 1.79. The molecule has 0 heterocycles. The van der Waals surface area contributed by atoms with Crippen LogP contribution in [-0.4, -0.2) is 31.3 Å². The predicted molar refractivity (Wildman–Crippen MR) is 54.4 cm³/mol. The van der Waals surface area contributed by atoms with Crippen LogP contribution in [0.2, 0.25) is 19.6 Å². The summed E-state index contributed by atoms with van der Waals surface area (Å²) < 4.78 is 30.1. The molecule has 0 N–H and O–H groups in total. The smallest absolute Gasteiger partial charge is 0.352 e. The molecule has 3 nitrogen and oxygen atoms in total. The lowest BCUT2D eigenvalue weighted by Crippen LogP contribution is -2.48. The maximum atomic E-state index is 6.99. The summed E-state index contributed by atoms with van der Waals surface area (Å²) in [4.78, 5) is 0. The molecule has 72 valence electrons. The van der Waals surface area contributed by atoms with Gasteiger partial charge in [-0.1, -0.05) is 5.70 Å². The molecule has 0 aliphatic heterocycles. The lowest BCUT2D eigenvalue weighted by molar-refractivity contribution is 0.255. The van der Waals surface area contributed by atoms with E-state index in [1.165, 1.54) is 0 Å². The molecule has 0 aliphatic carbocycles. The van der Waals surface area contributed by atoms with E-state index in [1.807, 2.05) is 19.6 Å². The summed E-state index contributed by atoms with van der Waals surface area (Å²) >= 11 is 0. The van der Waals surface area contributed by atoms with Gasteiger partial charge in [0.05, 0.1) is 2.74 Å². The first kappa shape index (κ1) is 8.64. The van der Waals surface area contributed by atoms with Crippen molar-refractivity contribution >= 4 is 17.1 Å². The summed E-state index contributed by atoms with van der Waals surface area (Å²) in [6, 6.07) is 0. The van der Waals surface area contributed by atoms with Gasteiger partial charge in [0.25, 0.3) is 0 Å². The first-order valence-corrected chi connectivity index (χ1v) is 8.80. The van der Waals surface area contributed by atoms with Gasteiger partial charge in [-0.3, -0.25) is 0 Å². The van der Waals surface area contributed by atoms with E-state index >= 15 is 0 Å². The van der Waals surface area contributed by atoms with Crippen LogP contribution in [0.4, 0.5) is 0 Å². The highest BCUT2D eigenvalue weighted by molar-refractivity contribution is 6.82. The number of rotatable bonds is 5. The van der Waals surface area contributed by atoms with Gasteiger partial charge in [0.2, 0.25) is 0 Å². The molecule has 0 aromatic carbocycles. The zero-order chi connectivity index (χ0) is 11.2. The minimum atomic E-state index is -2.47. The number of hydrogen-bond donors (Lipinski definition) is 0. The molecule has 0 saturated carbocycles. The van der Waals surface area contributed by atoms with Crippen molar-refractivity contribution in [2.45, 2.75) is 19.6 Å². The van der Waals surface area contributed by atoms with Gasteiger partial charge in [0.15, 0.2) is 0 Å². The zero-order valence-electron chi connectivity index (χ0n) is 9.92. The summed E-state index contributed by atoms with van der Waals surface area (Å²) in [7, 11) is -5.02. The Hall–Kier alpha value is 0.0538. The van der Waals surface area contributed by atoms with Crippen LogP contribution in [-0.2, 0) is 13.0 Å². The SMILES string of the molecule is [3H]CO[Si](C)(C)O[Si](C)(C=C)OC[3H]. The Morgan fingerprint density at radius 3 is 2.25 bits per heavy atom. The molecule has 5 heteroatoms. The van der Waals surface area contributed by atoms with Crippen LogP contribution in [0, 0.1) is 0 Å². The van der Waals surface area contributed by atoms with E-state index in [2.05, 4.69) is 6.58 Å². The highest BCUT2D eigenvalue weighted by Gasteiger charge is 2.36. The molecule has 0 aromatic rings. The van der Waals surface area contributed by atoms with Crippen LogP contribution < -0.4 is 0 Å². The fourth-order valence-corrected chi connectivity index (χ4v) is 5.47. The molecule has 0 rings (SSSR count). The van der Waals surface area contributed by atoms with Crippen molar-refractivity contribution in [1.29, 1.82) is 0 Å². The fourth-order valence-electron chi connectivity index (χ4n) is 0.648. The largest absolute Gasteiger partial charge is 0.412 e. The lowest BCUT2D eigenvalue weighted by Gasteiger charge is -2.30. The average molecular weight is 210 g/mol. The molecule has 0 fully saturated rings. The molecule has 12 heavy (non-hydrogen) atoms. The van der Waals surface area contributed by atoms with Crippen LogP contribution in [0.25, 0.3) is 0 Å². The van der Waals surface area contributed by atoms with Crippen molar-refractivity contribution < 1.29 is 15.7 Å². The average Bonchev–Trinajstić information content (AvgIpc) is 2.03. The van der Waals surface area contributed by atoms with Crippen molar-refractivity contribution in [3.8, 4) is 0 Å². The molecule has 0 bridgehead atoms. The van der Waals surface area contributed by atoms with Crippen LogP contribution in [0.5, 0.6) is 0 Å². The standard InChI is InChI=1S/C7H18O3Si2/c1-7-12(6,9-3)10-11(4,5)8-2/h7H,1H2,2-6H3/i2T,3T. The minimum absolute atomic E-state index is 0.109. The maximum absolute atomic E-state index is 6.99. The fraction of sp³-hybridized carbons (Fsp3) is 0.714. The normalized spacial score (nSPS) is 19.2. The second-order valence-electron chi connectivity index (χ2n) is 3.01. The van der Waals surface area contributed by atoms with E-state index in [1.54, 1.807) is 5.70 Å². The van der Waals surface area contributed by atoms with Crippen LogP contribution in [0.3, 0.4) is 0 Å². The monoisotopic (exact) mass is 210 g/mol. The molecule has 0 spiro atoms. The lowest BCUT2D eigenvalue weighted by atomic mass is 11.3. The Morgan fingerprint density at radius 1 is 1.25 bits per heavy atom. The third kappa shape index (κ3) is 3.64. The molecule has 0 aromatic heterocycles. The third-order valence-corrected chi connectivity index (χ3v) is 7.05. The van der Waals surface area contributed by atoms with Gasteiger partial charge in [0.1, 0.15) is 0 Å². The Kier molecular flexibility index (Phi) is 3.12. The topological polar surface area (TPSA) is 27.7 Å². The third-order valence-electron chi connectivity index (χ3n) is 1.45. The zero-order valence-corrected chi connectivity index (χ0v) is 9.92. The summed E-state index contributed by atoms with van der Waals surface area (Å²) in [5, 5.41) is 0. The summed E-state index contributed by atoms with van der Waals surface area (Å²) in [6.45, 7) is 9.16. The van der Waals surface area contributed by atoms with Gasteiger partial charge in [-0.15, -0.1) is 6.58 Å². The van der Waals surface area contributed by atoms with Crippen molar-refractivity contribution in [2.75, 3.05) is 14.2 Å². The van der Waals surface area contributed by atoms with E-state index in [4.69, 9.17) is 15.7 Å². The van der Waals surface area contributed by atoms with E-state index in [-0.39, 0.29) is 14.2 Å². The molecule has 0 amide bonds. The van der Waals surface area contributed by atoms with Gasteiger partial charge in [-0.25, -0.2) is 0 Å². The van der Waals surface area contributed by atoms with Crippen molar-refractivity contribution in [3.05, 3.63) is 12.3 Å². The van der Waals surface area contributed by atoms with Crippen molar-refractivity contribution in [3.63, 3.8) is 0 Å². The van der Waals surface area contributed by atoms with E-state index < -0.39 is 17.1 Å². The molecular formula is C7H18O3Si2. The summed E-state index contributed by atoms with van der Waals surface area (Å²) in [5.74, 6) is 0. The van der Waals surface area contributed by atoms with Crippen LogP contribution >= 0.6 is 0 Å². The van der Waals surface area contributed by atoms with E-state index in [0.29, 0.717) is 0 Å². The Labute approximate surface area is 79.6 Å². The van der Waals surface area contributed by atoms with Crippen molar-refractivity contribution in [2.24, 2.45) is 0 Å². The quantitative estimate of drug-likeness (QED) is 0.648. The van der Waals surface area contributed by atoms with Gasteiger partial charge >= 0.3 is 17.1 Å². The van der Waals surface area contributed by atoms with Crippen LogP contribution in [0.1, 0.15) is 2.74 Å². The Bertz CT molecular complexity index is 192. The first-order valence-electron chi connectivity index (χ1n) is 5.00. The molecule has 0 saturated heterocycles. The van der Waals surface area contributed by atoms with E-state index in [9.17, 15) is 0 Å². The molecular weight excluding hydrogens is 188 g/mol. The molecule has 1 atom stereocenters. The van der Waals surface area contributed by atoms with Gasteiger partial charge in [-0.2, -0.15) is 0 Å². The number of hydrogen-bond acceptors (Lipinski definition) is 3. The second-order valence-corrected chi connectivity index (χ2v) is 9.64. The maximum Gasteiger partial charge on any atom is 0.352 e. The molecule has 0 aliphatic rings. The van der Waals surface area contributed by atoms with Crippen LogP contribution in [0.15, 0.2) is 12.3 Å². The highest BCUT2D eigenvalue weighted by atomic mass is 28.5. The Balaban J connectivity index is 4.35. The molecule has 0 radical (unpaired) electrons. The Morgan fingerprint density at radius 2 is 1.83 bits per heavy atom. The summed E-state index contributed by atoms with van der Waals surface area (Å²) in [5.41, 5.74) is 1.63. The molecule has 1 unspecified atom stereocenters. The second kappa shape index (κ2) is 4.34. The first-order chi connectivity index (χ1) is 6.39. The van der Waals surface area contributed by atoms with Gasteiger partial charge in [-0.05, 0) is 19.6 Å². The summed E-state index contributed by atoms with van der Waals surface area (Å²) in [6.07, 6.45) is 0. The van der Waals surface area contributed by atoms with Crippen molar-refractivity contribution in [1.82, 2.24) is 0 Å². The van der Waals surface area contributed by atoms with E-state index in [0.717, 1.165) is 0 Å². The van der Waals surface area contributed by atoms with Gasteiger partial charge in [0, 0.05) is 14.2 Å². The minimum Gasteiger partial charge on any atom is -0.412 e.